The molecule has 3 aromatic heterocycles. The van der Waals surface area contributed by atoms with Crippen molar-refractivity contribution in [1.82, 2.24) is 19.6 Å². The predicted molar refractivity (Wildman–Crippen MR) is 109 cm³/mol. The first-order chi connectivity index (χ1) is 13.1. The van der Waals surface area contributed by atoms with E-state index in [0.717, 1.165) is 38.4 Å². The van der Waals surface area contributed by atoms with Gasteiger partial charge in [0.05, 0.1) is 21.3 Å². The lowest BCUT2D eigenvalue weighted by molar-refractivity contribution is 1.10. The van der Waals surface area contributed by atoms with Crippen molar-refractivity contribution in [2.24, 2.45) is 0 Å². The molecule has 0 fully saturated rings. The average molecular weight is 372 g/mol. The van der Waals surface area contributed by atoms with Crippen LogP contribution in [0.2, 0.25) is 0 Å². The molecule has 0 atom stereocenters. The van der Waals surface area contributed by atoms with Gasteiger partial charge in [0, 0.05) is 17.3 Å². The topological polar surface area (TPSA) is 63.0 Å². The van der Waals surface area contributed by atoms with Crippen molar-refractivity contribution in [2.75, 3.05) is 0 Å². The van der Waals surface area contributed by atoms with E-state index in [2.05, 4.69) is 29.0 Å². The summed E-state index contributed by atoms with van der Waals surface area (Å²) < 4.78 is 2.36. The molecule has 5 aromatic rings. The first-order valence-electron chi connectivity index (χ1n) is 8.65. The van der Waals surface area contributed by atoms with Gasteiger partial charge in [0.25, 0.3) is 5.56 Å². The third-order valence-electron chi connectivity index (χ3n) is 4.86. The Balaban J connectivity index is 1.73. The van der Waals surface area contributed by atoms with E-state index in [-0.39, 0.29) is 5.56 Å². The molecule has 2 aromatic carbocycles. The van der Waals surface area contributed by atoms with Crippen LogP contribution in [-0.4, -0.2) is 19.6 Å². The normalized spacial score (nSPS) is 12.4. The summed E-state index contributed by atoms with van der Waals surface area (Å²) in [4.78, 5) is 18.4. The fraction of sp³-hybridized carbons (Fsp3) is 0.0952. The van der Waals surface area contributed by atoms with Crippen LogP contribution in [0.3, 0.4) is 0 Å². The molecular formula is C21H16N4OS. The van der Waals surface area contributed by atoms with Gasteiger partial charge in [-0.1, -0.05) is 41.7 Å². The van der Waals surface area contributed by atoms with E-state index in [1.165, 1.54) is 16.9 Å². The minimum Gasteiger partial charge on any atom is -0.284 e. The Hall–Kier alpha value is -3.25. The molecule has 0 bridgehead atoms. The van der Waals surface area contributed by atoms with Gasteiger partial charge in [-0.25, -0.2) is 9.38 Å². The molecule has 5 rings (SSSR count). The van der Waals surface area contributed by atoms with Crippen molar-refractivity contribution in [3.05, 3.63) is 80.2 Å². The second-order valence-corrected chi connectivity index (χ2v) is 7.64. The predicted octanol–water partition coefficient (Wildman–Crippen LogP) is 3.46. The van der Waals surface area contributed by atoms with Gasteiger partial charge in [0.2, 0.25) is 0 Å². The molecule has 0 radical (unpaired) electrons. The molecule has 0 aliphatic heterocycles. The Morgan fingerprint density at radius 3 is 2.70 bits per heavy atom. The first-order valence-corrected chi connectivity index (χ1v) is 9.46. The lowest BCUT2D eigenvalue weighted by Crippen LogP contribution is -2.22. The molecular weight excluding hydrogens is 356 g/mol. The Morgan fingerprint density at radius 2 is 1.89 bits per heavy atom. The van der Waals surface area contributed by atoms with E-state index < -0.39 is 0 Å². The number of aromatic nitrogens is 4. The van der Waals surface area contributed by atoms with Gasteiger partial charge < -0.3 is 0 Å². The highest BCUT2D eigenvalue weighted by atomic mass is 32.1. The Labute approximate surface area is 158 Å². The molecule has 0 aliphatic carbocycles. The lowest BCUT2D eigenvalue weighted by Gasteiger charge is -1.98. The Morgan fingerprint density at radius 1 is 1.11 bits per heavy atom. The molecule has 1 N–H and O–H groups in total. The van der Waals surface area contributed by atoms with Gasteiger partial charge in [0.1, 0.15) is 0 Å². The number of nitrogens with zero attached hydrogens (tertiary/aromatic N) is 3. The van der Waals surface area contributed by atoms with Crippen LogP contribution in [-0.2, 0) is 0 Å². The standard InChI is InChI=1S/C21H16N4OS/c1-12-8-16-17(9-13(12)2)25-20(26)18(27-21(25)23-16)10-15-11-22-24-19(15)14-6-4-3-5-7-14/h3-11H,1-2H3,(H,22,24). The maximum absolute atomic E-state index is 13.0. The number of nitrogens with one attached hydrogen (secondary N) is 1. The second-order valence-electron chi connectivity index (χ2n) is 6.63. The lowest BCUT2D eigenvalue weighted by atomic mass is 10.1. The number of thiazole rings is 1. The van der Waals surface area contributed by atoms with E-state index in [1.807, 2.05) is 54.7 Å². The van der Waals surface area contributed by atoms with Crippen LogP contribution in [0.5, 0.6) is 0 Å². The zero-order valence-electron chi connectivity index (χ0n) is 14.9. The number of aryl methyl sites for hydroxylation is 2. The summed E-state index contributed by atoms with van der Waals surface area (Å²) in [6.07, 6.45) is 3.70. The second kappa shape index (κ2) is 5.89. The van der Waals surface area contributed by atoms with E-state index >= 15 is 0 Å². The first kappa shape index (κ1) is 16.0. The fourth-order valence-corrected chi connectivity index (χ4v) is 4.27. The minimum atomic E-state index is -0.0408. The zero-order chi connectivity index (χ0) is 18.5. The van der Waals surface area contributed by atoms with Gasteiger partial charge >= 0.3 is 0 Å². The Bertz CT molecular complexity index is 1410. The summed E-state index contributed by atoms with van der Waals surface area (Å²) in [5, 5.41) is 7.26. The van der Waals surface area contributed by atoms with E-state index in [9.17, 15) is 4.79 Å². The molecule has 27 heavy (non-hydrogen) atoms. The number of fused-ring (bicyclic) bond motifs is 3. The highest BCUT2D eigenvalue weighted by Gasteiger charge is 2.13. The molecule has 0 saturated heterocycles. The van der Waals surface area contributed by atoms with Crippen LogP contribution in [0.1, 0.15) is 16.7 Å². The van der Waals surface area contributed by atoms with Crippen LogP contribution in [0.25, 0.3) is 33.3 Å². The molecule has 0 aliphatic rings. The highest BCUT2D eigenvalue weighted by Crippen LogP contribution is 2.22. The Kier molecular flexibility index (Phi) is 3.48. The number of hydrogen-bond donors (Lipinski definition) is 1. The molecule has 132 valence electrons. The van der Waals surface area contributed by atoms with Gasteiger partial charge in [-0.2, -0.15) is 5.10 Å². The van der Waals surface area contributed by atoms with Gasteiger partial charge in [-0.05, 0) is 43.2 Å². The summed E-state index contributed by atoms with van der Waals surface area (Å²) in [7, 11) is 0. The van der Waals surface area contributed by atoms with Gasteiger partial charge in [-0.3, -0.25) is 9.89 Å². The number of H-pyrrole nitrogens is 1. The van der Waals surface area contributed by atoms with Crippen molar-refractivity contribution in [3.63, 3.8) is 0 Å². The largest absolute Gasteiger partial charge is 0.284 e. The van der Waals surface area contributed by atoms with Crippen molar-refractivity contribution < 1.29 is 0 Å². The molecule has 0 spiro atoms. The molecule has 3 heterocycles. The van der Waals surface area contributed by atoms with E-state index in [4.69, 9.17) is 0 Å². The number of rotatable bonds is 2. The minimum absolute atomic E-state index is 0.0408. The number of benzene rings is 2. The smallest absolute Gasteiger partial charge is 0.274 e. The van der Waals surface area contributed by atoms with E-state index in [0.29, 0.717) is 4.53 Å². The summed E-state index contributed by atoms with van der Waals surface area (Å²) in [6.45, 7) is 4.11. The number of imidazole rings is 1. The molecule has 0 saturated carbocycles. The fourth-order valence-electron chi connectivity index (χ4n) is 3.30. The van der Waals surface area contributed by atoms with Crippen LogP contribution in [0.15, 0.2) is 53.5 Å². The summed E-state index contributed by atoms with van der Waals surface area (Å²) in [5.74, 6) is 0. The van der Waals surface area contributed by atoms with Crippen molar-refractivity contribution in [3.8, 4) is 11.3 Å². The average Bonchev–Trinajstić information content (AvgIpc) is 3.33. The third kappa shape index (κ3) is 2.49. The SMILES string of the molecule is Cc1cc2nc3sc(=Cc4c[nH]nc4-c4ccccc4)c(=O)n3c2cc1C. The van der Waals surface area contributed by atoms with Crippen molar-refractivity contribution >= 4 is 33.4 Å². The quantitative estimate of drug-likeness (QED) is 0.516. The van der Waals surface area contributed by atoms with Gasteiger partial charge in [0.15, 0.2) is 4.96 Å². The highest BCUT2D eigenvalue weighted by molar-refractivity contribution is 7.15. The van der Waals surface area contributed by atoms with Crippen LogP contribution in [0.4, 0.5) is 0 Å². The third-order valence-corrected chi connectivity index (χ3v) is 5.83. The maximum Gasteiger partial charge on any atom is 0.274 e. The molecule has 6 heteroatoms. The van der Waals surface area contributed by atoms with Gasteiger partial charge in [-0.15, -0.1) is 0 Å². The van der Waals surface area contributed by atoms with Crippen molar-refractivity contribution in [1.29, 1.82) is 0 Å². The maximum atomic E-state index is 13.0. The van der Waals surface area contributed by atoms with Crippen molar-refractivity contribution in [2.45, 2.75) is 13.8 Å². The summed E-state index contributed by atoms with van der Waals surface area (Å²) >= 11 is 1.41. The molecule has 0 unspecified atom stereocenters. The van der Waals surface area contributed by atoms with E-state index in [1.54, 1.807) is 4.40 Å². The molecule has 5 nitrogen and oxygen atoms in total. The monoisotopic (exact) mass is 372 g/mol. The van der Waals surface area contributed by atoms with Crippen LogP contribution in [0, 0.1) is 13.8 Å². The molecule has 0 amide bonds. The zero-order valence-corrected chi connectivity index (χ0v) is 15.7. The summed E-state index contributed by atoms with van der Waals surface area (Å²) in [6, 6.07) is 14.0. The number of aromatic amines is 1. The summed E-state index contributed by atoms with van der Waals surface area (Å²) in [5.41, 5.74) is 6.75. The van der Waals surface area contributed by atoms with Crippen LogP contribution >= 0.6 is 11.3 Å². The number of hydrogen-bond acceptors (Lipinski definition) is 4. The van der Waals surface area contributed by atoms with Crippen LogP contribution < -0.4 is 10.1 Å².